The standard InChI is InChI=1S/C16H28O2/c1-16(2,3)14-4-5-15(17)13(11-14)10-12-6-8-18-9-7-12/h12-14H,4-11H2,1-3H3. The lowest BCUT2D eigenvalue weighted by molar-refractivity contribution is -0.127. The zero-order valence-corrected chi connectivity index (χ0v) is 12.2. The molecule has 0 bridgehead atoms. The second kappa shape index (κ2) is 5.73. The molecule has 0 aromatic heterocycles. The van der Waals surface area contributed by atoms with E-state index in [1.54, 1.807) is 0 Å². The Kier molecular flexibility index (Phi) is 4.47. The lowest BCUT2D eigenvalue weighted by Crippen LogP contribution is -2.33. The molecule has 0 amide bonds. The minimum absolute atomic E-state index is 0.339. The first-order valence-electron chi connectivity index (χ1n) is 7.57. The van der Waals surface area contributed by atoms with Crippen LogP contribution in [0.4, 0.5) is 0 Å². The van der Waals surface area contributed by atoms with Gasteiger partial charge in [0.25, 0.3) is 0 Å². The van der Waals surface area contributed by atoms with Gasteiger partial charge in [-0.15, -0.1) is 0 Å². The Morgan fingerprint density at radius 2 is 1.83 bits per heavy atom. The summed E-state index contributed by atoms with van der Waals surface area (Å²) in [7, 11) is 0. The van der Waals surface area contributed by atoms with Gasteiger partial charge in [0.15, 0.2) is 0 Å². The van der Waals surface area contributed by atoms with Crippen LogP contribution in [0.3, 0.4) is 0 Å². The quantitative estimate of drug-likeness (QED) is 0.746. The summed E-state index contributed by atoms with van der Waals surface area (Å²) in [5.74, 6) is 2.32. The van der Waals surface area contributed by atoms with E-state index in [4.69, 9.17) is 4.74 Å². The third kappa shape index (κ3) is 3.57. The summed E-state index contributed by atoms with van der Waals surface area (Å²) in [5, 5.41) is 0. The predicted octanol–water partition coefficient (Wildman–Crippen LogP) is 3.83. The van der Waals surface area contributed by atoms with Gasteiger partial charge in [-0.05, 0) is 49.4 Å². The van der Waals surface area contributed by atoms with Crippen molar-refractivity contribution in [1.82, 2.24) is 0 Å². The van der Waals surface area contributed by atoms with E-state index in [0.29, 0.717) is 17.1 Å². The molecule has 2 atom stereocenters. The summed E-state index contributed by atoms with van der Waals surface area (Å²) in [6.07, 6.45) is 6.48. The molecule has 1 saturated carbocycles. The van der Waals surface area contributed by atoms with Crippen LogP contribution in [-0.2, 0) is 9.53 Å². The minimum atomic E-state index is 0.339. The van der Waals surface area contributed by atoms with Crippen molar-refractivity contribution in [3.8, 4) is 0 Å². The van der Waals surface area contributed by atoms with Crippen LogP contribution in [0.15, 0.2) is 0 Å². The van der Waals surface area contributed by atoms with Crippen LogP contribution in [0.1, 0.15) is 59.3 Å². The molecular formula is C16H28O2. The molecule has 1 aliphatic heterocycles. The molecule has 18 heavy (non-hydrogen) atoms. The van der Waals surface area contributed by atoms with Gasteiger partial charge in [0.05, 0.1) is 0 Å². The topological polar surface area (TPSA) is 26.3 Å². The molecule has 2 fully saturated rings. The summed E-state index contributed by atoms with van der Waals surface area (Å²) in [5.41, 5.74) is 0.356. The van der Waals surface area contributed by atoms with E-state index < -0.39 is 0 Å². The fraction of sp³-hybridized carbons (Fsp3) is 0.938. The number of ketones is 1. The molecule has 0 aromatic rings. The molecule has 0 spiro atoms. The van der Waals surface area contributed by atoms with Crippen LogP contribution in [0.5, 0.6) is 0 Å². The van der Waals surface area contributed by atoms with Crippen LogP contribution in [0, 0.1) is 23.2 Å². The summed E-state index contributed by atoms with van der Waals surface area (Å²) in [6.45, 7) is 8.75. The van der Waals surface area contributed by atoms with Gasteiger partial charge in [-0.3, -0.25) is 4.79 Å². The first-order chi connectivity index (χ1) is 8.47. The third-order valence-electron chi connectivity index (χ3n) is 4.95. The van der Waals surface area contributed by atoms with Crippen molar-refractivity contribution in [3.05, 3.63) is 0 Å². The fourth-order valence-electron chi connectivity index (χ4n) is 3.51. The van der Waals surface area contributed by atoms with Crippen molar-refractivity contribution < 1.29 is 9.53 Å². The molecule has 0 N–H and O–H groups in total. The smallest absolute Gasteiger partial charge is 0.136 e. The van der Waals surface area contributed by atoms with Crippen LogP contribution in [0.2, 0.25) is 0 Å². The first kappa shape index (κ1) is 14.0. The van der Waals surface area contributed by atoms with Gasteiger partial charge < -0.3 is 4.74 Å². The molecule has 0 radical (unpaired) electrons. The van der Waals surface area contributed by atoms with Crippen molar-refractivity contribution >= 4 is 5.78 Å². The van der Waals surface area contributed by atoms with Crippen LogP contribution >= 0.6 is 0 Å². The van der Waals surface area contributed by atoms with Crippen molar-refractivity contribution in [3.63, 3.8) is 0 Å². The van der Waals surface area contributed by atoms with Gasteiger partial charge in [-0.2, -0.15) is 0 Å². The molecular weight excluding hydrogens is 224 g/mol. The van der Waals surface area contributed by atoms with Crippen LogP contribution in [0.25, 0.3) is 0 Å². The highest BCUT2D eigenvalue weighted by atomic mass is 16.5. The maximum absolute atomic E-state index is 12.1. The minimum Gasteiger partial charge on any atom is -0.381 e. The second-order valence-corrected chi connectivity index (χ2v) is 7.29. The number of carbonyl (C=O) groups excluding carboxylic acids is 1. The monoisotopic (exact) mass is 252 g/mol. The first-order valence-corrected chi connectivity index (χ1v) is 7.57. The van der Waals surface area contributed by atoms with Gasteiger partial charge >= 0.3 is 0 Å². The second-order valence-electron chi connectivity index (χ2n) is 7.29. The van der Waals surface area contributed by atoms with Gasteiger partial charge in [-0.1, -0.05) is 20.8 Å². The normalized spacial score (nSPS) is 31.6. The van der Waals surface area contributed by atoms with Gasteiger partial charge in [0.2, 0.25) is 0 Å². The van der Waals surface area contributed by atoms with E-state index in [1.807, 2.05) is 0 Å². The van der Waals surface area contributed by atoms with E-state index in [0.717, 1.165) is 63.6 Å². The molecule has 2 rings (SSSR count). The van der Waals surface area contributed by atoms with E-state index >= 15 is 0 Å². The molecule has 0 aromatic carbocycles. The SMILES string of the molecule is CC(C)(C)C1CCC(=O)C(CC2CCOCC2)C1. The third-order valence-corrected chi connectivity index (χ3v) is 4.95. The van der Waals surface area contributed by atoms with Crippen LogP contribution < -0.4 is 0 Å². The van der Waals surface area contributed by atoms with Gasteiger partial charge in [0, 0.05) is 25.6 Å². The Morgan fingerprint density at radius 1 is 1.17 bits per heavy atom. The van der Waals surface area contributed by atoms with Crippen LogP contribution in [-0.4, -0.2) is 19.0 Å². The molecule has 2 unspecified atom stereocenters. The van der Waals surface area contributed by atoms with E-state index in [2.05, 4.69) is 20.8 Å². The molecule has 2 nitrogen and oxygen atoms in total. The van der Waals surface area contributed by atoms with Crippen molar-refractivity contribution in [2.24, 2.45) is 23.2 Å². The molecule has 1 aliphatic carbocycles. The highest BCUT2D eigenvalue weighted by Crippen LogP contribution is 2.41. The summed E-state index contributed by atoms with van der Waals surface area (Å²) < 4.78 is 5.41. The zero-order valence-electron chi connectivity index (χ0n) is 12.2. The maximum atomic E-state index is 12.1. The van der Waals surface area contributed by atoms with Crippen molar-refractivity contribution in [2.45, 2.75) is 59.3 Å². The summed E-state index contributed by atoms with van der Waals surface area (Å²) >= 11 is 0. The molecule has 2 heteroatoms. The highest BCUT2D eigenvalue weighted by molar-refractivity contribution is 5.81. The Morgan fingerprint density at radius 3 is 2.44 bits per heavy atom. The molecule has 1 saturated heterocycles. The maximum Gasteiger partial charge on any atom is 0.136 e. The molecule has 2 aliphatic rings. The Bertz CT molecular complexity index is 284. The largest absolute Gasteiger partial charge is 0.381 e. The lowest BCUT2D eigenvalue weighted by Gasteiger charge is -2.38. The Hall–Kier alpha value is -0.370. The van der Waals surface area contributed by atoms with Gasteiger partial charge in [-0.25, -0.2) is 0 Å². The Balaban J connectivity index is 1.91. The zero-order chi connectivity index (χ0) is 13.2. The molecule has 104 valence electrons. The van der Waals surface area contributed by atoms with Crippen molar-refractivity contribution in [2.75, 3.05) is 13.2 Å². The molecule has 1 heterocycles. The number of Topliss-reactive ketones (excluding diaryl/α,β-unsaturated/α-hetero) is 1. The van der Waals surface area contributed by atoms with E-state index in [-0.39, 0.29) is 0 Å². The van der Waals surface area contributed by atoms with E-state index in [1.165, 1.54) is 0 Å². The number of ether oxygens (including phenoxy) is 1. The summed E-state index contributed by atoms with van der Waals surface area (Å²) in [6, 6.07) is 0. The highest BCUT2D eigenvalue weighted by Gasteiger charge is 2.35. The fourth-order valence-corrected chi connectivity index (χ4v) is 3.51. The average Bonchev–Trinajstić information content (AvgIpc) is 2.32. The van der Waals surface area contributed by atoms with Crippen molar-refractivity contribution in [1.29, 1.82) is 0 Å². The lowest BCUT2D eigenvalue weighted by atomic mass is 9.67. The number of rotatable bonds is 2. The Labute approximate surface area is 111 Å². The number of hydrogen-bond acceptors (Lipinski definition) is 2. The number of carbonyl (C=O) groups is 1. The summed E-state index contributed by atoms with van der Waals surface area (Å²) in [4.78, 5) is 12.1. The number of hydrogen-bond donors (Lipinski definition) is 0. The van der Waals surface area contributed by atoms with E-state index in [9.17, 15) is 4.79 Å². The van der Waals surface area contributed by atoms with Gasteiger partial charge in [0.1, 0.15) is 5.78 Å². The average molecular weight is 252 g/mol. The predicted molar refractivity (Wildman–Crippen MR) is 73.5 cm³/mol.